The number of rotatable bonds is 5. The third-order valence-electron chi connectivity index (χ3n) is 5.27. The Labute approximate surface area is 176 Å². The number of hydrogen-bond acceptors (Lipinski definition) is 4. The first-order valence-electron chi connectivity index (χ1n) is 10.1. The SMILES string of the molecule is Cc1ccc(-c2nnc(SCC(=O)N3CCCCC3)n2-c2ccc(C)cc2)cc1. The molecule has 0 radical (unpaired) electrons. The molecule has 0 bridgehead atoms. The van der Waals surface area contributed by atoms with Gasteiger partial charge in [-0.3, -0.25) is 9.36 Å². The molecule has 0 unspecified atom stereocenters. The summed E-state index contributed by atoms with van der Waals surface area (Å²) in [7, 11) is 0. The molecule has 1 aromatic heterocycles. The van der Waals surface area contributed by atoms with Crippen molar-refractivity contribution in [3.05, 3.63) is 59.7 Å². The van der Waals surface area contributed by atoms with Gasteiger partial charge in [0.2, 0.25) is 5.91 Å². The van der Waals surface area contributed by atoms with Crippen LogP contribution in [0.2, 0.25) is 0 Å². The fourth-order valence-electron chi connectivity index (χ4n) is 3.54. The maximum Gasteiger partial charge on any atom is 0.233 e. The maximum absolute atomic E-state index is 12.6. The highest BCUT2D eigenvalue weighted by Gasteiger charge is 2.20. The highest BCUT2D eigenvalue weighted by atomic mass is 32.2. The van der Waals surface area contributed by atoms with Crippen LogP contribution in [0, 0.1) is 13.8 Å². The molecule has 1 fully saturated rings. The maximum atomic E-state index is 12.6. The van der Waals surface area contributed by atoms with Crippen LogP contribution in [0.5, 0.6) is 0 Å². The molecule has 2 heterocycles. The molecule has 4 rings (SSSR count). The summed E-state index contributed by atoms with van der Waals surface area (Å²) in [6.45, 7) is 5.89. The van der Waals surface area contributed by atoms with Gasteiger partial charge in [0.1, 0.15) is 0 Å². The predicted molar refractivity (Wildman–Crippen MR) is 117 cm³/mol. The predicted octanol–water partition coefficient (Wildman–Crippen LogP) is 4.66. The van der Waals surface area contributed by atoms with Crippen LogP contribution in [0.3, 0.4) is 0 Å². The molecule has 1 aliphatic heterocycles. The molecule has 1 aliphatic rings. The molecule has 0 saturated carbocycles. The number of nitrogens with zero attached hydrogens (tertiary/aromatic N) is 4. The Balaban J connectivity index is 1.63. The minimum Gasteiger partial charge on any atom is -0.342 e. The lowest BCUT2D eigenvalue weighted by Gasteiger charge is -2.26. The zero-order valence-corrected chi connectivity index (χ0v) is 17.8. The number of amides is 1. The lowest BCUT2D eigenvalue weighted by Crippen LogP contribution is -2.36. The zero-order chi connectivity index (χ0) is 20.2. The van der Waals surface area contributed by atoms with Gasteiger partial charge < -0.3 is 4.90 Å². The molecule has 2 aromatic carbocycles. The topological polar surface area (TPSA) is 51.0 Å². The van der Waals surface area contributed by atoms with Crippen molar-refractivity contribution in [2.24, 2.45) is 0 Å². The molecule has 0 spiro atoms. The average molecular weight is 407 g/mol. The fourth-order valence-corrected chi connectivity index (χ4v) is 4.40. The largest absolute Gasteiger partial charge is 0.342 e. The molecule has 0 aliphatic carbocycles. The van der Waals surface area contributed by atoms with E-state index in [2.05, 4.69) is 77.1 Å². The Morgan fingerprint density at radius 2 is 1.52 bits per heavy atom. The molecule has 3 aromatic rings. The van der Waals surface area contributed by atoms with E-state index in [1.165, 1.54) is 29.3 Å². The summed E-state index contributed by atoms with van der Waals surface area (Å²) >= 11 is 1.46. The molecule has 0 atom stereocenters. The lowest BCUT2D eigenvalue weighted by atomic mass is 10.1. The summed E-state index contributed by atoms with van der Waals surface area (Å²) in [6, 6.07) is 16.6. The van der Waals surface area contributed by atoms with Crippen molar-refractivity contribution in [1.82, 2.24) is 19.7 Å². The van der Waals surface area contributed by atoms with E-state index in [-0.39, 0.29) is 5.91 Å². The van der Waals surface area contributed by atoms with E-state index in [0.717, 1.165) is 48.2 Å². The van der Waals surface area contributed by atoms with Gasteiger partial charge in [-0.05, 0) is 45.2 Å². The third-order valence-corrected chi connectivity index (χ3v) is 6.18. The van der Waals surface area contributed by atoms with Gasteiger partial charge >= 0.3 is 0 Å². The van der Waals surface area contributed by atoms with E-state index >= 15 is 0 Å². The number of piperidine rings is 1. The van der Waals surface area contributed by atoms with Gasteiger partial charge in [-0.2, -0.15) is 0 Å². The Morgan fingerprint density at radius 3 is 2.17 bits per heavy atom. The number of carbonyl (C=O) groups is 1. The fraction of sp³-hybridized carbons (Fsp3) is 0.348. The van der Waals surface area contributed by atoms with Gasteiger partial charge in [-0.1, -0.05) is 59.3 Å². The summed E-state index contributed by atoms with van der Waals surface area (Å²) in [5.41, 5.74) is 4.42. The number of carbonyl (C=O) groups excluding carboxylic acids is 1. The molecule has 29 heavy (non-hydrogen) atoms. The summed E-state index contributed by atoms with van der Waals surface area (Å²) in [4.78, 5) is 14.6. The summed E-state index contributed by atoms with van der Waals surface area (Å²) in [5.74, 6) is 1.37. The second-order valence-corrected chi connectivity index (χ2v) is 8.52. The first-order valence-corrected chi connectivity index (χ1v) is 11.1. The summed E-state index contributed by atoms with van der Waals surface area (Å²) in [6.07, 6.45) is 3.43. The van der Waals surface area contributed by atoms with Crippen LogP contribution >= 0.6 is 11.8 Å². The van der Waals surface area contributed by atoms with Crippen molar-refractivity contribution in [3.8, 4) is 17.1 Å². The summed E-state index contributed by atoms with van der Waals surface area (Å²) in [5, 5.41) is 9.65. The number of aromatic nitrogens is 3. The van der Waals surface area contributed by atoms with Gasteiger partial charge in [0.15, 0.2) is 11.0 Å². The normalized spacial score (nSPS) is 14.2. The van der Waals surface area contributed by atoms with Crippen LogP contribution in [0.1, 0.15) is 30.4 Å². The Bertz CT molecular complexity index is 973. The zero-order valence-electron chi connectivity index (χ0n) is 17.0. The Hall–Kier alpha value is -2.60. The van der Waals surface area contributed by atoms with Crippen molar-refractivity contribution >= 4 is 17.7 Å². The first kappa shape index (κ1) is 19.7. The molecule has 0 N–H and O–H groups in total. The molecular weight excluding hydrogens is 380 g/mol. The van der Waals surface area contributed by atoms with Crippen LogP contribution in [0.4, 0.5) is 0 Å². The number of aryl methyl sites for hydroxylation is 2. The number of benzene rings is 2. The molecule has 1 saturated heterocycles. The van der Waals surface area contributed by atoms with Gasteiger partial charge in [0.05, 0.1) is 5.75 Å². The lowest BCUT2D eigenvalue weighted by molar-refractivity contribution is -0.129. The Morgan fingerprint density at radius 1 is 0.897 bits per heavy atom. The van der Waals surface area contributed by atoms with Crippen LogP contribution in [0.15, 0.2) is 53.7 Å². The van der Waals surface area contributed by atoms with Crippen molar-refractivity contribution in [2.45, 2.75) is 38.3 Å². The minimum atomic E-state index is 0.185. The number of hydrogen-bond donors (Lipinski definition) is 0. The van der Waals surface area contributed by atoms with Crippen LogP contribution in [-0.4, -0.2) is 44.4 Å². The van der Waals surface area contributed by atoms with Crippen LogP contribution in [0.25, 0.3) is 17.1 Å². The highest BCUT2D eigenvalue weighted by molar-refractivity contribution is 7.99. The van der Waals surface area contributed by atoms with Crippen molar-refractivity contribution < 1.29 is 4.79 Å². The molecule has 1 amide bonds. The quantitative estimate of drug-likeness (QED) is 0.579. The van der Waals surface area contributed by atoms with E-state index < -0.39 is 0 Å². The first-order chi connectivity index (χ1) is 14.1. The highest BCUT2D eigenvalue weighted by Crippen LogP contribution is 2.28. The summed E-state index contributed by atoms with van der Waals surface area (Å²) < 4.78 is 2.05. The van der Waals surface area contributed by atoms with Crippen LogP contribution < -0.4 is 0 Å². The Kier molecular flexibility index (Phi) is 6.00. The molecule has 5 nitrogen and oxygen atoms in total. The monoisotopic (exact) mass is 406 g/mol. The van der Waals surface area contributed by atoms with Gasteiger partial charge in [-0.15, -0.1) is 10.2 Å². The van der Waals surface area contributed by atoms with Crippen molar-refractivity contribution in [1.29, 1.82) is 0 Å². The minimum absolute atomic E-state index is 0.185. The smallest absolute Gasteiger partial charge is 0.233 e. The molecule has 6 heteroatoms. The second-order valence-electron chi connectivity index (χ2n) is 7.57. The van der Waals surface area contributed by atoms with Crippen molar-refractivity contribution in [2.75, 3.05) is 18.8 Å². The number of likely N-dealkylation sites (tertiary alicyclic amines) is 1. The van der Waals surface area contributed by atoms with E-state index in [1.807, 2.05) is 4.90 Å². The van der Waals surface area contributed by atoms with E-state index in [1.54, 1.807) is 0 Å². The molecule has 150 valence electrons. The second kappa shape index (κ2) is 8.82. The van der Waals surface area contributed by atoms with Crippen LogP contribution in [-0.2, 0) is 4.79 Å². The van der Waals surface area contributed by atoms with E-state index in [0.29, 0.717) is 5.75 Å². The average Bonchev–Trinajstić information content (AvgIpc) is 3.17. The third kappa shape index (κ3) is 4.53. The number of thioether (sulfide) groups is 1. The van der Waals surface area contributed by atoms with E-state index in [9.17, 15) is 4.79 Å². The van der Waals surface area contributed by atoms with Gasteiger partial charge in [0, 0.05) is 24.3 Å². The standard InChI is InChI=1S/C23H26N4OS/c1-17-6-10-19(11-7-17)22-24-25-23(27(22)20-12-8-18(2)9-13-20)29-16-21(28)26-14-4-3-5-15-26/h6-13H,3-5,14-16H2,1-2H3. The van der Waals surface area contributed by atoms with Gasteiger partial charge in [0.25, 0.3) is 0 Å². The van der Waals surface area contributed by atoms with Crippen molar-refractivity contribution in [3.63, 3.8) is 0 Å². The van der Waals surface area contributed by atoms with E-state index in [4.69, 9.17) is 0 Å². The molecular formula is C23H26N4OS. The van der Waals surface area contributed by atoms with Gasteiger partial charge in [-0.25, -0.2) is 0 Å².